The van der Waals surface area contributed by atoms with Gasteiger partial charge in [0.1, 0.15) is 0 Å². The average Bonchev–Trinajstić information content (AvgIpc) is 2.56. The number of nitrogens with one attached hydrogen (secondary N) is 1. The van der Waals surface area contributed by atoms with Gasteiger partial charge in [0, 0.05) is 18.4 Å². The van der Waals surface area contributed by atoms with Gasteiger partial charge in [-0.2, -0.15) is 0 Å². The molecular formula is C19H20ClNO2. The first kappa shape index (κ1) is 17.2. The fourth-order valence-electron chi connectivity index (χ4n) is 2.29. The van der Waals surface area contributed by atoms with E-state index < -0.39 is 0 Å². The van der Waals surface area contributed by atoms with Gasteiger partial charge < -0.3 is 5.32 Å². The predicted molar refractivity (Wildman–Crippen MR) is 94.1 cm³/mol. The van der Waals surface area contributed by atoms with Crippen LogP contribution in [0.5, 0.6) is 0 Å². The van der Waals surface area contributed by atoms with E-state index in [9.17, 15) is 9.59 Å². The largest absolute Gasteiger partial charge is 0.325 e. The molecule has 4 heteroatoms. The zero-order chi connectivity index (χ0) is 16.7. The summed E-state index contributed by atoms with van der Waals surface area (Å²) in [5, 5.41) is 3.20. The minimum absolute atomic E-state index is 0.0256. The van der Waals surface area contributed by atoms with Crippen LogP contribution in [0.3, 0.4) is 0 Å². The van der Waals surface area contributed by atoms with Gasteiger partial charge in [0.15, 0.2) is 5.78 Å². The fraction of sp³-hybridized carbons (Fsp3) is 0.263. The Labute approximate surface area is 141 Å². The van der Waals surface area contributed by atoms with Crippen molar-refractivity contribution in [2.24, 2.45) is 0 Å². The van der Waals surface area contributed by atoms with E-state index >= 15 is 0 Å². The van der Waals surface area contributed by atoms with Crippen LogP contribution < -0.4 is 5.32 Å². The number of carbonyl (C=O) groups is 2. The Morgan fingerprint density at radius 3 is 2.35 bits per heavy atom. The summed E-state index contributed by atoms with van der Waals surface area (Å²) in [6.45, 7) is 2.12. The number of Topliss-reactive ketones (excluding diaryl/α,β-unsaturated/α-hetero) is 1. The lowest BCUT2D eigenvalue weighted by Crippen LogP contribution is -2.13. The molecule has 0 saturated heterocycles. The third kappa shape index (κ3) is 5.22. The van der Waals surface area contributed by atoms with Gasteiger partial charge >= 0.3 is 0 Å². The molecule has 23 heavy (non-hydrogen) atoms. The highest BCUT2D eigenvalue weighted by molar-refractivity contribution is 6.33. The van der Waals surface area contributed by atoms with Crippen LogP contribution in [0.4, 0.5) is 5.69 Å². The van der Waals surface area contributed by atoms with E-state index in [0.717, 1.165) is 12.8 Å². The molecule has 0 aliphatic heterocycles. The van der Waals surface area contributed by atoms with E-state index in [1.807, 2.05) is 24.3 Å². The lowest BCUT2D eigenvalue weighted by atomic mass is 10.0. The molecule has 0 fully saturated rings. The summed E-state index contributed by atoms with van der Waals surface area (Å²) >= 11 is 5.99. The summed E-state index contributed by atoms with van der Waals surface area (Å²) in [5.41, 5.74) is 2.44. The molecule has 0 bridgehead atoms. The molecule has 3 nitrogen and oxygen atoms in total. The van der Waals surface area contributed by atoms with E-state index in [-0.39, 0.29) is 24.5 Å². The lowest BCUT2D eigenvalue weighted by molar-refractivity contribution is -0.116. The molecule has 0 aromatic heterocycles. The highest BCUT2D eigenvalue weighted by Crippen LogP contribution is 2.20. The third-order valence-corrected chi connectivity index (χ3v) is 3.87. The topological polar surface area (TPSA) is 46.2 Å². The molecule has 0 saturated carbocycles. The van der Waals surface area contributed by atoms with Crippen molar-refractivity contribution in [1.82, 2.24) is 0 Å². The summed E-state index contributed by atoms with van der Waals surface area (Å²) in [6, 6.07) is 14.6. The van der Waals surface area contributed by atoms with Crippen molar-refractivity contribution in [3.05, 3.63) is 64.7 Å². The second kappa shape index (κ2) is 8.49. The van der Waals surface area contributed by atoms with E-state index in [1.54, 1.807) is 24.3 Å². The molecule has 1 N–H and O–H groups in total. The number of benzene rings is 2. The zero-order valence-electron chi connectivity index (χ0n) is 13.1. The maximum Gasteiger partial charge on any atom is 0.224 e. The van der Waals surface area contributed by atoms with Gasteiger partial charge in [-0.25, -0.2) is 0 Å². The van der Waals surface area contributed by atoms with Crippen LogP contribution in [0.2, 0.25) is 5.02 Å². The number of hydrogen-bond acceptors (Lipinski definition) is 2. The Bertz CT molecular complexity index is 680. The van der Waals surface area contributed by atoms with Crippen molar-refractivity contribution in [1.29, 1.82) is 0 Å². The Hall–Kier alpha value is -2.13. The summed E-state index contributed by atoms with van der Waals surface area (Å²) in [7, 11) is 0. The van der Waals surface area contributed by atoms with Crippen molar-refractivity contribution in [3.8, 4) is 0 Å². The Kier molecular flexibility index (Phi) is 6.36. The van der Waals surface area contributed by atoms with Gasteiger partial charge in [0.25, 0.3) is 0 Å². The summed E-state index contributed by atoms with van der Waals surface area (Å²) < 4.78 is 0. The van der Waals surface area contributed by atoms with E-state index in [2.05, 4.69) is 12.2 Å². The highest BCUT2D eigenvalue weighted by Gasteiger charge is 2.10. The van der Waals surface area contributed by atoms with E-state index in [0.29, 0.717) is 16.3 Å². The van der Waals surface area contributed by atoms with Gasteiger partial charge in [-0.05, 0) is 24.1 Å². The van der Waals surface area contributed by atoms with Gasteiger partial charge in [-0.3, -0.25) is 9.59 Å². The van der Waals surface area contributed by atoms with Crippen LogP contribution >= 0.6 is 11.6 Å². The first-order valence-electron chi connectivity index (χ1n) is 7.76. The smallest absolute Gasteiger partial charge is 0.224 e. The van der Waals surface area contributed by atoms with Crippen molar-refractivity contribution in [3.63, 3.8) is 0 Å². The molecule has 0 aliphatic carbocycles. The number of hydrogen-bond donors (Lipinski definition) is 1. The molecule has 0 atom stereocenters. The molecular weight excluding hydrogens is 310 g/mol. The predicted octanol–water partition coefficient (Wildman–Crippen LogP) is 4.89. The Morgan fingerprint density at radius 1 is 1.00 bits per heavy atom. The molecule has 0 spiro atoms. The van der Waals surface area contributed by atoms with Crippen molar-refractivity contribution in [2.75, 3.05) is 5.32 Å². The molecule has 0 radical (unpaired) electrons. The molecule has 120 valence electrons. The van der Waals surface area contributed by atoms with Crippen molar-refractivity contribution < 1.29 is 9.59 Å². The third-order valence-electron chi connectivity index (χ3n) is 3.54. The summed E-state index contributed by atoms with van der Waals surface area (Å²) in [5.74, 6) is -0.239. The SMILES string of the molecule is CCCc1ccc(C(=O)CCC(=O)Nc2ccccc2Cl)cc1. The van der Waals surface area contributed by atoms with E-state index in [1.165, 1.54) is 5.56 Å². The molecule has 2 aromatic carbocycles. The average molecular weight is 330 g/mol. The lowest BCUT2D eigenvalue weighted by Gasteiger charge is -2.07. The second-order valence-electron chi connectivity index (χ2n) is 5.40. The number of para-hydroxylation sites is 1. The Balaban J connectivity index is 1.86. The van der Waals surface area contributed by atoms with Gasteiger partial charge in [0.2, 0.25) is 5.91 Å². The quantitative estimate of drug-likeness (QED) is 0.735. The summed E-state index contributed by atoms with van der Waals surface area (Å²) in [4.78, 5) is 24.0. The second-order valence-corrected chi connectivity index (χ2v) is 5.81. The number of halogens is 1. The van der Waals surface area contributed by atoms with Gasteiger partial charge in [-0.1, -0.05) is 61.3 Å². The maximum atomic E-state index is 12.1. The van der Waals surface area contributed by atoms with Crippen LogP contribution in [0.15, 0.2) is 48.5 Å². The van der Waals surface area contributed by atoms with Gasteiger partial charge in [0.05, 0.1) is 10.7 Å². The number of rotatable bonds is 7. The zero-order valence-corrected chi connectivity index (χ0v) is 13.9. The minimum atomic E-state index is -0.214. The molecule has 0 unspecified atom stereocenters. The maximum absolute atomic E-state index is 12.1. The normalized spacial score (nSPS) is 10.3. The molecule has 1 amide bonds. The van der Waals surface area contributed by atoms with Crippen LogP contribution in [0, 0.1) is 0 Å². The highest BCUT2D eigenvalue weighted by atomic mass is 35.5. The monoisotopic (exact) mass is 329 g/mol. The molecule has 2 rings (SSSR count). The molecule has 0 heterocycles. The van der Waals surface area contributed by atoms with Crippen LogP contribution in [-0.2, 0) is 11.2 Å². The number of aryl methyl sites for hydroxylation is 1. The van der Waals surface area contributed by atoms with Crippen LogP contribution in [0.25, 0.3) is 0 Å². The first-order chi connectivity index (χ1) is 11.1. The standard InChI is InChI=1S/C19H20ClNO2/c1-2-5-14-8-10-15(11-9-14)18(22)12-13-19(23)21-17-7-4-3-6-16(17)20/h3-4,6-11H,2,5,12-13H2,1H3,(H,21,23). The van der Waals surface area contributed by atoms with Gasteiger partial charge in [-0.15, -0.1) is 0 Å². The molecule has 2 aromatic rings. The van der Waals surface area contributed by atoms with Crippen molar-refractivity contribution in [2.45, 2.75) is 32.6 Å². The minimum Gasteiger partial charge on any atom is -0.325 e. The summed E-state index contributed by atoms with van der Waals surface area (Å²) in [6.07, 6.45) is 2.41. The number of ketones is 1. The number of carbonyl (C=O) groups excluding carboxylic acids is 2. The molecule has 0 aliphatic rings. The van der Waals surface area contributed by atoms with Crippen LogP contribution in [-0.4, -0.2) is 11.7 Å². The first-order valence-corrected chi connectivity index (χ1v) is 8.14. The van der Waals surface area contributed by atoms with Crippen LogP contribution in [0.1, 0.15) is 42.1 Å². The number of anilines is 1. The van der Waals surface area contributed by atoms with E-state index in [4.69, 9.17) is 11.6 Å². The number of amides is 1. The fourth-order valence-corrected chi connectivity index (χ4v) is 2.48. The van der Waals surface area contributed by atoms with Crippen molar-refractivity contribution >= 4 is 29.0 Å². The Morgan fingerprint density at radius 2 is 1.70 bits per heavy atom.